The Morgan fingerprint density at radius 1 is 0.500 bits per heavy atom. The lowest BCUT2D eigenvalue weighted by Gasteiger charge is -2.51. The largest absolute Gasteiger partial charge is 0.103 e. The molecule has 0 bridgehead atoms. The Hall–Kier alpha value is -0.0431. The Labute approximate surface area is 226 Å². The number of hydrogen-bond acceptors (Lipinski definition) is 0. The van der Waals surface area contributed by atoms with Crippen LogP contribution in [-0.2, 0) is 0 Å². The van der Waals surface area contributed by atoms with Crippen LogP contribution >= 0.6 is 0 Å². The third-order valence-corrected chi connectivity index (χ3v) is 20.0. The zero-order valence-corrected chi connectivity index (χ0v) is 25.1. The van der Waals surface area contributed by atoms with E-state index in [-0.39, 0.29) is 0 Å². The molecule has 204 valence electrons. The Kier molecular flexibility index (Phi) is 8.44. The maximum atomic E-state index is 3.98. The van der Waals surface area contributed by atoms with Crippen LogP contribution < -0.4 is 0 Å². The first kappa shape index (κ1) is 26.2. The van der Waals surface area contributed by atoms with E-state index in [1.54, 1.807) is 115 Å². The number of rotatable bonds is 9. The lowest BCUT2D eigenvalue weighted by Crippen LogP contribution is -2.50. The van der Waals surface area contributed by atoms with Gasteiger partial charge in [0.15, 0.2) is 0 Å². The van der Waals surface area contributed by atoms with Crippen molar-refractivity contribution in [2.75, 3.05) is 0 Å². The quantitative estimate of drug-likeness (QED) is 0.165. The average Bonchev–Trinajstić information content (AvgIpc) is 3.45. The maximum Gasteiger partial charge on any atom is 0.0578 e. The van der Waals surface area contributed by atoms with Crippen molar-refractivity contribution >= 4 is 8.07 Å². The number of fused-ring (bicyclic) bond motifs is 6. The van der Waals surface area contributed by atoms with E-state index in [0.29, 0.717) is 0 Å². The number of allylic oxidation sites excluding steroid dienone is 1. The van der Waals surface area contributed by atoms with Crippen molar-refractivity contribution in [2.24, 2.45) is 47.3 Å². The molecule has 0 heterocycles. The molecule has 6 aliphatic carbocycles. The van der Waals surface area contributed by atoms with E-state index in [1.165, 1.54) is 36.8 Å². The SMILES string of the molecule is C=CCCCCCC[Si](C)(C1C2CCCCC2C2CCCCC21)C1C2CCCCC2C2CCCCC21. The van der Waals surface area contributed by atoms with Gasteiger partial charge in [0, 0.05) is 0 Å². The van der Waals surface area contributed by atoms with Crippen molar-refractivity contribution in [1.29, 1.82) is 0 Å². The lowest BCUT2D eigenvalue weighted by atomic mass is 9.73. The van der Waals surface area contributed by atoms with E-state index in [4.69, 9.17) is 0 Å². The molecule has 6 aliphatic rings. The summed E-state index contributed by atoms with van der Waals surface area (Å²) in [7, 11) is -1.40. The van der Waals surface area contributed by atoms with Crippen LogP contribution in [0.1, 0.15) is 135 Å². The van der Waals surface area contributed by atoms with Gasteiger partial charge in [-0.05, 0) is 97.0 Å². The second kappa shape index (κ2) is 11.6. The Morgan fingerprint density at radius 2 is 0.833 bits per heavy atom. The van der Waals surface area contributed by atoms with E-state index in [2.05, 4.69) is 19.2 Å². The molecule has 1 heteroatoms. The van der Waals surface area contributed by atoms with Crippen molar-refractivity contribution in [2.45, 2.75) is 159 Å². The topological polar surface area (TPSA) is 0 Å². The maximum absolute atomic E-state index is 3.98. The van der Waals surface area contributed by atoms with Gasteiger partial charge in [-0.2, -0.15) is 0 Å². The predicted molar refractivity (Wildman–Crippen MR) is 159 cm³/mol. The monoisotopic (exact) mass is 508 g/mol. The molecule has 0 spiro atoms. The van der Waals surface area contributed by atoms with Gasteiger partial charge in [-0.15, -0.1) is 6.58 Å². The van der Waals surface area contributed by atoms with Gasteiger partial charge in [0.05, 0.1) is 8.07 Å². The standard InChI is InChI=1S/C35H60Si/c1-3-4-5-6-7-16-25-36(2,34-30-21-12-8-17-26(30)27-18-9-13-22-31(27)34)35-32-23-14-10-19-28(32)29-20-11-15-24-33(29)35/h3,26-35H,1,4-25H2,2H3. The molecule has 0 N–H and O–H groups in total. The minimum Gasteiger partial charge on any atom is -0.103 e. The molecule has 6 saturated carbocycles. The molecule has 0 aliphatic heterocycles. The zero-order valence-electron chi connectivity index (χ0n) is 24.1. The van der Waals surface area contributed by atoms with E-state index < -0.39 is 8.07 Å². The van der Waals surface area contributed by atoms with Crippen LogP contribution in [0, 0.1) is 47.3 Å². The van der Waals surface area contributed by atoms with Crippen molar-refractivity contribution in [1.82, 2.24) is 0 Å². The molecule has 0 aromatic carbocycles. The summed E-state index contributed by atoms with van der Waals surface area (Å²) in [5.41, 5.74) is 2.43. The first-order chi connectivity index (χ1) is 17.7. The normalized spacial score (nSPS) is 45.7. The minimum atomic E-state index is -1.40. The summed E-state index contributed by atoms with van der Waals surface area (Å²) in [5.74, 6) is 9.25. The van der Waals surface area contributed by atoms with E-state index in [9.17, 15) is 0 Å². The van der Waals surface area contributed by atoms with Gasteiger partial charge in [-0.3, -0.25) is 0 Å². The molecule has 0 amide bonds. The van der Waals surface area contributed by atoms with Gasteiger partial charge in [-0.25, -0.2) is 0 Å². The molecular weight excluding hydrogens is 448 g/mol. The molecule has 0 radical (unpaired) electrons. The summed E-state index contributed by atoms with van der Waals surface area (Å²) in [5, 5.41) is 0. The summed E-state index contributed by atoms with van der Waals surface area (Å²) >= 11 is 0. The summed E-state index contributed by atoms with van der Waals surface area (Å²) in [6.45, 7) is 7.09. The van der Waals surface area contributed by atoms with Crippen LogP contribution in [0.4, 0.5) is 0 Å². The van der Waals surface area contributed by atoms with E-state index in [1.807, 2.05) is 0 Å². The third kappa shape index (κ3) is 4.66. The summed E-state index contributed by atoms with van der Waals surface area (Å²) in [4.78, 5) is 0. The van der Waals surface area contributed by atoms with E-state index in [0.717, 1.165) is 47.3 Å². The fourth-order valence-corrected chi connectivity index (χ4v) is 20.6. The highest BCUT2D eigenvalue weighted by Gasteiger charge is 2.64. The molecule has 0 aromatic heterocycles. The van der Waals surface area contributed by atoms with Crippen molar-refractivity contribution in [3.05, 3.63) is 12.7 Å². The lowest BCUT2D eigenvalue weighted by molar-refractivity contribution is 0.184. The second-order valence-electron chi connectivity index (χ2n) is 15.2. The highest BCUT2D eigenvalue weighted by Crippen LogP contribution is 2.71. The Bertz CT molecular complexity index is 634. The average molecular weight is 509 g/mol. The number of unbranched alkanes of at least 4 members (excludes halogenated alkanes) is 4. The first-order valence-electron chi connectivity index (χ1n) is 17.3. The molecular formula is C35H60Si. The second-order valence-corrected chi connectivity index (χ2v) is 20.1. The van der Waals surface area contributed by atoms with Crippen LogP contribution in [0.2, 0.25) is 23.7 Å². The molecule has 6 fully saturated rings. The van der Waals surface area contributed by atoms with Gasteiger partial charge >= 0.3 is 0 Å². The smallest absolute Gasteiger partial charge is 0.0578 e. The number of hydrogen-bond donors (Lipinski definition) is 0. The molecule has 0 saturated heterocycles. The first-order valence-corrected chi connectivity index (χ1v) is 20.2. The highest BCUT2D eigenvalue weighted by molar-refractivity contribution is 6.81. The predicted octanol–water partition coefficient (Wildman–Crippen LogP) is 11.2. The minimum absolute atomic E-state index is 1.15. The molecule has 0 aromatic rings. The highest BCUT2D eigenvalue weighted by atomic mass is 28.3. The van der Waals surface area contributed by atoms with Gasteiger partial charge in [0.1, 0.15) is 0 Å². The van der Waals surface area contributed by atoms with Crippen LogP contribution in [0.25, 0.3) is 0 Å². The molecule has 8 unspecified atom stereocenters. The van der Waals surface area contributed by atoms with Gasteiger partial charge in [0.2, 0.25) is 0 Å². The fraction of sp³-hybridized carbons (Fsp3) is 0.943. The van der Waals surface area contributed by atoms with E-state index >= 15 is 0 Å². The Morgan fingerprint density at radius 3 is 1.19 bits per heavy atom. The molecule has 0 nitrogen and oxygen atoms in total. The molecule has 8 atom stereocenters. The molecule has 6 rings (SSSR count). The van der Waals surface area contributed by atoms with Gasteiger partial charge in [-0.1, -0.05) is 115 Å². The fourth-order valence-electron chi connectivity index (χ4n) is 13.0. The third-order valence-electron chi connectivity index (χ3n) is 13.8. The van der Waals surface area contributed by atoms with Gasteiger partial charge in [0.25, 0.3) is 0 Å². The van der Waals surface area contributed by atoms with Crippen molar-refractivity contribution < 1.29 is 0 Å². The summed E-state index contributed by atoms with van der Waals surface area (Å²) in [6, 6.07) is 1.72. The van der Waals surface area contributed by atoms with Gasteiger partial charge < -0.3 is 0 Å². The van der Waals surface area contributed by atoms with Crippen molar-refractivity contribution in [3.63, 3.8) is 0 Å². The summed E-state index contributed by atoms with van der Waals surface area (Å²) < 4.78 is 0. The van der Waals surface area contributed by atoms with Crippen LogP contribution in [0.3, 0.4) is 0 Å². The van der Waals surface area contributed by atoms with Crippen LogP contribution in [0.5, 0.6) is 0 Å². The van der Waals surface area contributed by atoms with Crippen molar-refractivity contribution in [3.8, 4) is 0 Å². The Balaban J connectivity index is 1.33. The van der Waals surface area contributed by atoms with Crippen LogP contribution in [0.15, 0.2) is 12.7 Å². The zero-order chi connectivity index (χ0) is 24.5. The summed E-state index contributed by atoms with van der Waals surface area (Å²) in [6.07, 6.45) is 34.9. The van der Waals surface area contributed by atoms with Crippen LogP contribution in [-0.4, -0.2) is 8.07 Å². The molecule has 36 heavy (non-hydrogen) atoms.